The number of nitrogens with two attached hydrogens (primary N) is 1. The van der Waals surface area contributed by atoms with E-state index in [0.29, 0.717) is 34.9 Å². The Kier molecular flexibility index (Phi) is 6.26. The van der Waals surface area contributed by atoms with E-state index in [-0.39, 0.29) is 11.9 Å². The third-order valence-corrected chi connectivity index (χ3v) is 4.74. The quantitative estimate of drug-likeness (QED) is 0.608. The number of aryl methyl sites for hydroxylation is 1. The van der Waals surface area contributed by atoms with Crippen molar-refractivity contribution in [3.63, 3.8) is 0 Å². The Morgan fingerprint density at radius 2 is 1.93 bits per heavy atom. The summed E-state index contributed by atoms with van der Waals surface area (Å²) >= 11 is 3.48. The van der Waals surface area contributed by atoms with E-state index in [9.17, 15) is 4.79 Å². The number of halogens is 1. The van der Waals surface area contributed by atoms with Crippen LogP contribution in [0.2, 0.25) is 0 Å². The van der Waals surface area contributed by atoms with Crippen molar-refractivity contribution >= 4 is 27.8 Å². The molecule has 0 aliphatic carbocycles. The van der Waals surface area contributed by atoms with E-state index in [1.54, 1.807) is 14.0 Å². The van der Waals surface area contributed by atoms with Crippen molar-refractivity contribution in [2.75, 3.05) is 19.4 Å². The van der Waals surface area contributed by atoms with Crippen LogP contribution in [0.5, 0.6) is 5.75 Å². The lowest BCUT2D eigenvalue weighted by atomic mass is 10.0. The van der Waals surface area contributed by atoms with E-state index < -0.39 is 0 Å². The first-order chi connectivity index (χ1) is 13.5. The first-order valence-electron chi connectivity index (χ1n) is 8.82. The Bertz CT molecular complexity index is 993. The molecule has 1 heterocycles. The van der Waals surface area contributed by atoms with Crippen LogP contribution >= 0.6 is 15.9 Å². The van der Waals surface area contributed by atoms with Crippen molar-refractivity contribution in [2.45, 2.75) is 13.3 Å². The molecule has 144 valence electrons. The lowest BCUT2D eigenvalue weighted by Gasteiger charge is -2.15. The highest BCUT2D eigenvalue weighted by Gasteiger charge is 2.21. The monoisotopic (exact) mass is 440 g/mol. The van der Waals surface area contributed by atoms with Crippen molar-refractivity contribution in [3.05, 3.63) is 69.8 Å². The average molecular weight is 441 g/mol. The van der Waals surface area contributed by atoms with Crippen LogP contribution in [0.25, 0.3) is 11.3 Å². The SMILES string of the molecule is CNC(=O)c1c(C)nc(N)nc1-c1cc(Br)ccc1OCCc1ccccc1. The summed E-state index contributed by atoms with van der Waals surface area (Å²) in [4.78, 5) is 20.9. The molecule has 0 bridgehead atoms. The maximum atomic E-state index is 12.5. The molecule has 6 nitrogen and oxygen atoms in total. The zero-order chi connectivity index (χ0) is 20.1. The Balaban J connectivity index is 1.98. The molecule has 0 aliphatic heterocycles. The minimum absolute atomic E-state index is 0.107. The van der Waals surface area contributed by atoms with Gasteiger partial charge in [-0.3, -0.25) is 4.79 Å². The first kappa shape index (κ1) is 19.8. The molecule has 2 aromatic carbocycles. The number of amides is 1. The molecule has 3 rings (SSSR count). The predicted molar refractivity (Wildman–Crippen MR) is 113 cm³/mol. The normalized spacial score (nSPS) is 10.5. The number of carbonyl (C=O) groups is 1. The van der Waals surface area contributed by atoms with Crippen molar-refractivity contribution in [1.82, 2.24) is 15.3 Å². The number of nitrogens with one attached hydrogen (secondary N) is 1. The molecule has 0 aliphatic rings. The topological polar surface area (TPSA) is 90.1 Å². The van der Waals surface area contributed by atoms with Crippen molar-refractivity contribution < 1.29 is 9.53 Å². The molecule has 1 aromatic heterocycles. The molecule has 0 unspecified atom stereocenters. The number of hydrogen-bond donors (Lipinski definition) is 2. The van der Waals surface area contributed by atoms with E-state index in [4.69, 9.17) is 10.5 Å². The Morgan fingerprint density at radius 1 is 1.18 bits per heavy atom. The van der Waals surface area contributed by atoms with Crippen LogP contribution in [-0.4, -0.2) is 29.5 Å². The van der Waals surface area contributed by atoms with Gasteiger partial charge in [-0.05, 0) is 30.7 Å². The maximum absolute atomic E-state index is 12.5. The summed E-state index contributed by atoms with van der Waals surface area (Å²) in [6.45, 7) is 2.23. The molecule has 7 heteroatoms. The third-order valence-electron chi connectivity index (χ3n) is 4.25. The van der Waals surface area contributed by atoms with Gasteiger partial charge in [0.05, 0.1) is 23.6 Å². The number of carbonyl (C=O) groups excluding carboxylic acids is 1. The van der Waals surface area contributed by atoms with Gasteiger partial charge in [-0.25, -0.2) is 9.97 Å². The minimum Gasteiger partial charge on any atom is -0.493 e. The van der Waals surface area contributed by atoms with Gasteiger partial charge in [0.25, 0.3) is 5.91 Å². The summed E-state index contributed by atoms with van der Waals surface area (Å²) in [5.41, 5.74) is 9.07. The number of hydrogen-bond acceptors (Lipinski definition) is 5. The number of anilines is 1. The van der Waals surface area contributed by atoms with Gasteiger partial charge in [-0.2, -0.15) is 0 Å². The predicted octanol–water partition coefficient (Wildman–Crippen LogP) is 3.78. The molecular formula is C21H21BrN4O2. The molecule has 0 saturated carbocycles. The lowest BCUT2D eigenvalue weighted by Crippen LogP contribution is -2.22. The molecule has 3 N–H and O–H groups in total. The van der Waals surface area contributed by atoms with Crippen LogP contribution in [0.15, 0.2) is 53.0 Å². The highest BCUT2D eigenvalue weighted by Crippen LogP contribution is 2.35. The second kappa shape index (κ2) is 8.84. The largest absolute Gasteiger partial charge is 0.493 e. The van der Waals surface area contributed by atoms with E-state index in [1.165, 1.54) is 5.56 Å². The van der Waals surface area contributed by atoms with Gasteiger partial charge in [0.1, 0.15) is 5.75 Å². The van der Waals surface area contributed by atoms with Gasteiger partial charge >= 0.3 is 0 Å². The number of nitrogen functional groups attached to an aromatic ring is 1. The Hall–Kier alpha value is -2.93. The lowest BCUT2D eigenvalue weighted by molar-refractivity contribution is 0.0962. The number of benzene rings is 2. The second-order valence-electron chi connectivity index (χ2n) is 6.19. The molecule has 1 amide bonds. The van der Waals surface area contributed by atoms with Gasteiger partial charge in [0.15, 0.2) is 0 Å². The third kappa shape index (κ3) is 4.48. The van der Waals surface area contributed by atoms with Crippen LogP contribution in [0.4, 0.5) is 5.95 Å². The molecule has 28 heavy (non-hydrogen) atoms. The molecule has 3 aromatic rings. The second-order valence-corrected chi connectivity index (χ2v) is 7.11. The van der Waals surface area contributed by atoms with Crippen LogP contribution in [0.3, 0.4) is 0 Å². The van der Waals surface area contributed by atoms with E-state index in [2.05, 4.69) is 43.3 Å². The highest BCUT2D eigenvalue weighted by atomic mass is 79.9. The fraction of sp³-hybridized carbons (Fsp3) is 0.190. The zero-order valence-electron chi connectivity index (χ0n) is 15.7. The summed E-state index contributed by atoms with van der Waals surface area (Å²) in [6, 6.07) is 15.7. The van der Waals surface area contributed by atoms with Gasteiger partial charge < -0.3 is 15.8 Å². The van der Waals surface area contributed by atoms with Gasteiger partial charge in [-0.15, -0.1) is 0 Å². The molecule has 0 fully saturated rings. The number of ether oxygens (including phenoxy) is 1. The zero-order valence-corrected chi connectivity index (χ0v) is 17.3. The van der Waals surface area contributed by atoms with E-state index >= 15 is 0 Å². The molecule has 0 spiro atoms. The van der Waals surface area contributed by atoms with Crippen LogP contribution in [0, 0.1) is 6.92 Å². The summed E-state index contributed by atoms with van der Waals surface area (Å²) in [7, 11) is 1.57. The smallest absolute Gasteiger partial charge is 0.255 e. The fourth-order valence-electron chi connectivity index (χ4n) is 2.92. The number of aromatic nitrogens is 2. The fourth-order valence-corrected chi connectivity index (χ4v) is 3.28. The van der Waals surface area contributed by atoms with Gasteiger partial charge in [-0.1, -0.05) is 46.3 Å². The molecule has 0 radical (unpaired) electrons. The molecular weight excluding hydrogens is 420 g/mol. The van der Waals surface area contributed by atoms with E-state index in [0.717, 1.165) is 10.9 Å². The Morgan fingerprint density at radius 3 is 2.64 bits per heavy atom. The van der Waals surface area contributed by atoms with Gasteiger partial charge in [0, 0.05) is 23.5 Å². The molecule has 0 atom stereocenters. The summed E-state index contributed by atoms with van der Waals surface area (Å²) in [5.74, 6) is 0.458. The Labute approximate surface area is 172 Å². The highest BCUT2D eigenvalue weighted by molar-refractivity contribution is 9.10. The van der Waals surface area contributed by atoms with Crippen LogP contribution in [-0.2, 0) is 6.42 Å². The number of nitrogens with zero attached hydrogens (tertiary/aromatic N) is 2. The van der Waals surface area contributed by atoms with Crippen molar-refractivity contribution in [2.24, 2.45) is 0 Å². The van der Waals surface area contributed by atoms with E-state index in [1.807, 2.05) is 36.4 Å². The summed E-state index contributed by atoms with van der Waals surface area (Å²) < 4.78 is 6.89. The molecule has 0 saturated heterocycles. The van der Waals surface area contributed by atoms with Crippen molar-refractivity contribution in [3.8, 4) is 17.0 Å². The summed E-state index contributed by atoms with van der Waals surface area (Å²) in [6.07, 6.45) is 0.767. The van der Waals surface area contributed by atoms with Crippen molar-refractivity contribution in [1.29, 1.82) is 0 Å². The summed E-state index contributed by atoms with van der Waals surface area (Å²) in [5, 5.41) is 2.64. The first-order valence-corrected chi connectivity index (χ1v) is 9.61. The van der Waals surface area contributed by atoms with Crippen LogP contribution < -0.4 is 15.8 Å². The number of rotatable bonds is 6. The standard InChI is InChI=1S/C21H21BrN4O2/c1-13-18(20(27)24-2)19(26-21(23)25-13)16-12-15(22)8-9-17(16)28-11-10-14-6-4-3-5-7-14/h3-9,12H,10-11H2,1-2H3,(H,24,27)(H2,23,25,26). The minimum atomic E-state index is -0.275. The maximum Gasteiger partial charge on any atom is 0.255 e. The average Bonchev–Trinajstić information content (AvgIpc) is 2.68. The van der Waals surface area contributed by atoms with Crippen LogP contribution in [0.1, 0.15) is 21.6 Å². The van der Waals surface area contributed by atoms with Gasteiger partial charge in [0.2, 0.25) is 5.95 Å².